The molecule has 0 aliphatic rings. The van der Waals surface area contributed by atoms with E-state index in [9.17, 15) is 4.79 Å². The number of carbonyl (C=O) groups excluding carboxylic acids is 1. The Labute approximate surface area is 78.9 Å². The van der Waals surface area contributed by atoms with Crippen LogP contribution in [-0.2, 0) is 11.2 Å². The van der Waals surface area contributed by atoms with Gasteiger partial charge in [-0.1, -0.05) is 0 Å². The van der Waals surface area contributed by atoms with Crippen molar-refractivity contribution < 1.29 is 9.53 Å². The van der Waals surface area contributed by atoms with Gasteiger partial charge in [-0.15, -0.1) is 0 Å². The van der Waals surface area contributed by atoms with E-state index < -0.39 is 0 Å². The number of halogens is 1. The fraction of sp³-hybridized carbons (Fsp3) is 0.250. The van der Waals surface area contributed by atoms with Gasteiger partial charge in [0.15, 0.2) is 0 Å². The van der Waals surface area contributed by atoms with E-state index in [1.54, 1.807) is 19.4 Å². The summed E-state index contributed by atoms with van der Waals surface area (Å²) in [7, 11) is 1.57. The molecule has 0 radical (unpaired) electrons. The molecule has 1 aromatic heterocycles. The van der Waals surface area contributed by atoms with Crippen molar-refractivity contribution in [1.82, 2.24) is 4.98 Å². The summed E-state index contributed by atoms with van der Waals surface area (Å²) in [5.74, 6) is 0.677. The Hall–Kier alpha value is -0.900. The van der Waals surface area contributed by atoms with Gasteiger partial charge in [0.25, 0.3) is 0 Å². The minimum atomic E-state index is 0.324. The molecule has 1 aromatic rings. The molecule has 0 aliphatic heterocycles. The van der Waals surface area contributed by atoms with Gasteiger partial charge in [-0.3, -0.25) is 4.98 Å². The van der Waals surface area contributed by atoms with Crippen LogP contribution in [0.5, 0.6) is 5.75 Å². The molecule has 0 saturated heterocycles. The van der Waals surface area contributed by atoms with E-state index in [1.807, 2.05) is 0 Å². The highest BCUT2D eigenvalue weighted by molar-refractivity contribution is 9.10. The summed E-state index contributed by atoms with van der Waals surface area (Å²) < 4.78 is 5.75. The van der Waals surface area contributed by atoms with E-state index in [0.29, 0.717) is 12.2 Å². The lowest BCUT2D eigenvalue weighted by atomic mass is 10.3. The molecular weight excluding hydrogens is 222 g/mol. The molecular formula is C8H8BrNO2. The first-order valence-corrected chi connectivity index (χ1v) is 4.19. The minimum Gasteiger partial charge on any atom is -0.495 e. The number of methoxy groups -OCH3 is 1. The van der Waals surface area contributed by atoms with Crippen molar-refractivity contribution in [1.29, 1.82) is 0 Å². The largest absolute Gasteiger partial charge is 0.495 e. The zero-order chi connectivity index (χ0) is 8.97. The Kier molecular flexibility index (Phi) is 3.22. The van der Waals surface area contributed by atoms with E-state index in [0.717, 1.165) is 16.5 Å². The van der Waals surface area contributed by atoms with Crippen LogP contribution in [0.4, 0.5) is 0 Å². The van der Waals surface area contributed by atoms with Crippen molar-refractivity contribution in [2.45, 2.75) is 6.42 Å². The normalized spacial score (nSPS) is 9.50. The average molecular weight is 230 g/mol. The second-order valence-corrected chi connectivity index (χ2v) is 3.03. The number of carbonyl (C=O) groups is 1. The van der Waals surface area contributed by atoms with E-state index in [-0.39, 0.29) is 0 Å². The summed E-state index contributed by atoms with van der Waals surface area (Å²) in [6, 6.07) is 1.78. The molecule has 4 heteroatoms. The minimum absolute atomic E-state index is 0.324. The lowest BCUT2D eigenvalue weighted by Crippen LogP contribution is -1.93. The van der Waals surface area contributed by atoms with Crippen LogP contribution in [0, 0.1) is 0 Å². The molecule has 0 saturated carbocycles. The fourth-order valence-corrected chi connectivity index (χ4v) is 1.28. The number of hydrogen-bond donors (Lipinski definition) is 0. The van der Waals surface area contributed by atoms with E-state index in [2.05, 4.69) is 20.9 Å². The molecule has 0 amide bonds. The third kappa shape index (κ3) is 2.04. The molecule has 12 heavy (non-hydrogen) atoms. The van der Waals surface area contributed by atoms with E-state index in [4.69, 9.17) is 4.74 Å². The van der Waals surface area contributed by atoms with Gasteiger partial charge in [-0.25, -0.2) is 0 Å². The molecule has 1 heterocycles. The van der Waals surface area contributed by atoms with Gasteiger partial charge in [-0.2, -0.15) is 0 Å². The fourth-order valence-electron chi connectivity index (χ4n) is 0.789. The molecule has 0 spiro atoms. The topological polar surface area (TPSA) is 39.2 Å². The standard InChI is InChI=1S/C8H8BrNO2/c1-12-6-4-7(9)8(2-3-11)10-5-6/h3-5H,2H2,1H3. The molecule has 0 fully saturated rings. The first kappa shape index (κ1) is 9.19. The van der Waals surface area contributed by atoms with Gasteiger partial charge < -0.3 is 9.53 Å². The van der Waals surface area contributed by atoms with Crippen LogP contribution in [0.15, 0.2) is 16.7 Å². The second-order valence-electron chi connectivity index (χ2n) is 2.17. The monoisotopic (exact) mass is 229 g/mol. The quantitative estimate of drug-likeness (QED) is 0.740. The third-order valence-corrected chi connectivity index (χ3v) is 2.09. The highest BCUT2D eigenvalue weighted by atomic mass is 79.9. The molecule has 0 atom stereocenters. The van der Waals surface area contributed by atoms with Crippen molar-refractivity contribution in [2.24, 2.45) is 0 Å². The van der Waals surface area contributed by atoms with E-state index in [1.165, 1.54) is 0 Å². The molecule has 0 aromatic carbocycles. The van der Waals surface area contributed by atoms with Gasteiger partial charge in [0.05, 0.1) is 19.0 Å². The summed E-state index contributed by atoms with van der Waals surface area (Å²) in [6.07, 6.45) is 2.73. The van der Waals surface area contributed by atoms with Crippen molar-refractivity contribution in [3.8, 4) is 5.75 Å². The number of nitrogens with zero attached hydrogens (tertiary/aromatic N) is 1. The zero-order valence-electron chi connectivity index (χ0n) is 6.58. The van der Waals surface area contributed by atoms with Crippen molar-refractivity contribution in [3.63, 3.8) is 0 Å². The first-order chi connectivity index (χ1) is 5.77. The van der Waals surface area contributed by atoms with Crippen LogP contribution in [0.1, 0.15) is 5.69 Å². The lowest BCUT2D eigenvalue weighted by molar-refractivity contribution is -0.107. The Morgan fingerprint density at radius 3 is 3.00 bits per heavy atom. The van der Waals surface area contributed by atoms with Gasteiger partial charge >= 0.3 is 0 Å². The zero-order valence-corrected chi connectivity index (χ0v) is 8.17. The summed E-state index contributed by atoms with van der Waals surface area (Å²) in [6.45, 7) is 0. The molecule has 1 rings (SSSR count). The van der Waals surface area contributed by atoms with Crippen molar-refractivity contribution in [2.75, 3.05) is 7.11 Å². The third-order valence-electron chi connectivity index (χ3n) is 1.40. The number of pyridine rings is 1. The number of hydrogen-bond acceptors (Lipinski definition) is 3. The molecule has 64 valence electrons. The first-order valence-electron chi connectivity index (χ1n) is 3.40. The molecule has 3 nitrogen and oxygen atoms in total. The number of rotatable bonds is 3. The Morgan fingerprint density at radius 1 is 1.75 bits per heavy atom. The molecule has 0 N–H and O–H groups in total. The van der Waals surface area contributed by atoms with Crippen LogP contribution in [-0.4, -0.2) is 18.4 Å². The van der Waals surface area contributed by atoms with Crippen LogP contribution < -0.4 is 4.74 Å². The number of aldehydes is 1. The van der Waals surface area contributed by atoms with Crippen LogP contribution >= 0.6 is 15.9 Å². The number of aromatic nitrogens is 1. The maximum atomic E-state index is 10.2. The van der Waals surface area contributed by atoms with E-state index >= 15 is 0 Å². The molecule has 0 bridgehead atoms. The lowest BCUT2D eigenvalue weighted by Gasteiger charge is -2.02. The average Bonchev–Trinajstić information content (AvgIpc) is 2.09. The van der Waals surface area contributed by atoms with Gasteiger partial charge in [0.1, 0.15) is 12.0 Å². The van der Waals surface area contributed by atoms with Crippen LogP contribution in [0.25, 0.3) is 0 Å². The van der Waals surface area contributed by atoms with Crippen molar-refractivity contribution in [3.05, 3.63) is 22.4 Å². The Morgan fingerprint density at radius 2 is 2.50 bits per heavy atom. The molecule has 0 unspecified atom stereocenters. The highest BCUT2D eigenvalue weighted by Crippen LogP contribution is 2.20. The summed E-state index contributed by atoms with van der Waals surface area (Å²) in [5.41, 5.74) is 0.728. The van der Waals surface area contributed by atoms with Crippen LogP contribution in [0.2, 0.25) is 0 Å². The number of ether oxygens (including phenoxy) is 1. The van der Waals surface area contributed by atoms with Gasteiger partial charge in [0.2, 0.25) is 0 Å². The highest BCUT2D eigenvalue weighted by Gasteiger charge is 2.01. The van der Waals surface area contributed by atoms with Gasteiger partial charge in [-0.05, 0) is 22.0 Å². The predicted molar refractivity (Wildman–Crippen MR) is 48.3 cm³/mol. The molecule has 0 aliphatic carbocycles. The predicted octanol–water partition coefficient (Wildman–Crippen LogP) is 1.59. The van der Waals surface area contributed by atoms with Gasteiger partial charge in [0, 0.05) is 10.9 Å². The summed E-state index contributed by atoms with van der Waals surface area (Å²) in [4.78, 5) is 14.2. The smallest absolute Gasteiger partial charge is 0.138 e. The summed E-state index contributed by atoms with van der Waals surface area (Å²) in [5, 5.41) is 0. The Balaban J connectivity index is 2.94. The van der Waals surface area contributed by atoms with Crippen molar-refractivity contribution >= 4 is 22.2 Å². The maximum absolute atomic E-state index is 10.2. The Bertz CT molecular complexity index is 288. The second kappa shape index (κ2) is 4.21. The maximum Gasteiger partial charge on any atom is 0.138 e. The van der Waals surface area contributed by atoms with Crippen LogP contribution in [0.3, 0.4) is 0 Å². The SMILES string of the molecule is COc1cnc(CC=O)c(Br)c1. The summed E-state index contributed by atoms with van der Waals surface area (Å²) >= 11 is 3.29.